The van der Waals surface area contributed by atoms with Crippen molar-refractivity contribution in [3.05, 3.63) is 143 Å². The molecule has 0 aliphatic carbocycles. The highest BCUT2D eigenvalue weighted by Crippen LogP contribution is 2.26. The van der Waals surface area contributed by atoms with Crippen LogP contribution in [-0.2, 0) is 0 Å². The van der Waals surface area contributed by atoms with Gasteiger partial charge < -0.3 is 28.4 Å². The lowest BCUT2D eigenvalue weighted by Crippen LogP contribution is -2.13. The zero-order valence-electron chi connectivity index (χ0n) is 40.1. The summed E-state index contributed by atoms with van der Waals surface area (Å²) in [6.07, 6.45) is 23.0. The van der Waals surface area contributed by atoms with Crippen LogP contribution in [0.3, 0.4) is 0 Å². The van der Waals surface area contributed by atoms with Crippen molar-refractivity contribution in [2.45, 2.75) is 136 Å². The number of hydrogen-bond donors (Lipinski definition) is 0. The number of esters is 4. The fourth-order valence-corrected chi connectivity index (χ4v) is 7.46. The minimum atomic E-state index is -1.08. The van der Waals surface area contributed by atoms with Crippen molar-refractivity contribution < 1.29 is 56.4 Å². The van der Waals surface area contributed by atoms with Crippen LogP contribution in [0.4, 0.5) is 8.78 Å². The normalized spacial score (nSPS) is 10.9. The highest BCUT2D eigenvalue weighted by Gasteiger charge is 2.20. The number of ether oxygens (including phenoxy) is 6. The Morgan fingerprint density at radius 1 is 0.348 bits per heavy atom. The Morgan fingerprint density at radius 3 is 1.13 bits per heavy atom. The van der Waals surface area contributed by atoms with Crippen LogP contribution in [0.25, 0.3) is 0 Å². The Bertz CT molecular complexity index is 2360. The van der Waals surface area contributed by atoms with Gasteiger partial charge in [0.25, 0.3) is 0 Å². The minimum Gasteiger partial charge on any atom is -0.494 e. The summed E-state index contributed by atoms with van der Waals surface area (Å²) in [6, 6.07) is 25.0. The van der Waals surface area contributed by atoms with E-state index in [1.807, 2.05) is 0 Å². The van der Waals surface area contributed by atoms with Gasteiger partial charge in [0, 0.05) is 18.2 Å². The summed E-state index contributed by atoms with van der Waals surface area (Å²) in [4.78, 5) is 51.5. The van der Waals surface area contributed by atoms with Crippen LogP contribution in [0.2, 0.25) is 0 Å². The van der Waals surface area contributed by atoms with Crippen LogP contribution in [0.5, 0.6) is 34.5 Å². The molecule has 69 heavy (non-hydrogen) atoms. The lowest BCUT2D eigenvalue weighted by molar-refractivity contribution is 0.0719. The van der Waals surface area contributed by atoms with Crippen LogP contribution < -0.4 is 28.4 Å². The van der Waals surface area contributed by atoms with E-state index >= 15 is 4.39 Å². The summed E-state index contributed by atoms with van der Waals surface area (Å²) in [6.45, 7) is 5.48. The van der Waals surface area contributed by atoms with Gasteiger partial charge in [0.15, 0.2) is 0 Å². The highest BCUT2D eigenvalue weighted by atomic mass is 19.1. The number of carbonyl (C=O) groups excluding carboxylic acids is 4. The number of carbonyl (C=O) groups is 4. The predicted octanol–water partition coefficient (Wildman–Crippen LogP) is 15.1. The van der Waals surface area contributed by atoms with Crippen molar-refractivity contribution >= 4 is 23.9 Å². The first kappa shape index (κ1) is 53.4. The highest BCUT2D eigenvalue weighted by molar-refractivity contribution is 5.94. The molecule has 0 radical (unpaired) electrons. The molecule has 0 fully saturated rings. The third kappa shape index (κ3) is 19.2. The first-order valence-electron chi connectivity index (χ1n) is 24.7. The molecule has 0 aliphatic rings. The SMILES string of the molecule is CCCCCCCCCCCCOc1ccc(C(=O)Oc2ccc(C(=O)Oc3cccc(OC(=O)c4ccc(OC(=O)c5ccc(OCCCCCCCCCCC)cc5F)cc4F)c3)cc2)cc1. The third-order valence-electron chi connectivity index (χ3n) is 11.4. The summed E-state index contributed by atoms with van der Waals surface area (Å²) in [5.74, 6) is -4.46. The molecule has 0 bridgehead atoms. The Balaban J connectivity index is 1.01. The Hall–Kier alpha value is -6.56. The maximum Gasteiger partial charge on any atom is 0.346 e. The van der Waals surface area contributed by atoms with Gasteiger partial charge in [-0.05, 0) is 97.8 Å². The minimum absolute atomic E-state index is 0.0325. The Labute approximate surface area is 405 Å². The van der Waals surface area contributed by atoms with E-state index in [1.165, 1.54) is 157 Å². The molecule has 0 N–H and O–H groups in total. The standard InChI is InChI=1S/C57H66F2O10/c1-3-5-7-9-11-13-15-17-18-20-37-64-44-29-25-42(26-30-44)54(60)66-45-31-27-43(28-32-45)55(61)67-47-23-22-24-48(39-47)68-56(62)51-36-34-49(41-53(51)59)69-57(63)50-35-33-46(40-52(50)58)65-38-21-19-16-14-12-10-8-6-4-2/h22-36,39-41H,3-21,37-38H2,1-2H3. The molecule has 368 valence electrons. The van der Waals surface area contributed by atoms with Gasteiger partial charge in [-0.15, -0.1) is 0 Å². The number of halogens is 2. The lowest BCUT2D eigenvalue weighted by atomic mass is 10.1. The van der Waals surface area contributed by atoms with Gasteiger partial charge in [0.2, 0.25) is 0 Å². The molecular weight excluding hydrogens is 883 g/mol. The molecule has 0 amide bonds. The molecule has 5 aromatic rings. The van der Waals surface area contributed by atoms with Crippen molar-refractivity contribution in [2.75, 3.05) is 13.2 Å². The molecule has 0 aliphatic heterocycles. The molecule has 0 aromatic heterocycles. The second kappa shape index (κ2) is 30.0. The van der Waals surface area contributed by atoms with E-state index in [9.17, 15) is 23.6 Å². The lowest BCUT2D eigenvalue weighted by Gasteiger charge is -2.10. The second-order valence-electron chi connectivity index (χ2n) is 17.1. The summed E-state index contributed by atoms with van der Waals surface area (Å²) in [7, 11) is 0. The topological polar surface area (TPSA) is 124 Å². The molecular formula is C57H66F2O10. The first-order valence-corrected chi connectivity index (χ1v) is 24.7. The molecule has 0 spiro atoms. The van der Waals surface area contributed by atoms with E-state index in [-0.39, 0.29) is 39.9 Å². The average molecular weight is 949 g/mol. The molecule has 0 unspecified atom stereocenters. The van der Waals surface area contributed by atoms with E-state index in [0.29, 0.717) is 24.5 Å². The van der Waals surface area contributed by atoms with E-state index < -0.39 is 41.1 Å². The van der Waals surface area contributed by atoms with Crippen molar-refractivity contribution in [3.8, 4) is 34.5 Å². The number of benzene rings is 5. The van der Waals surface area contributed by atoms with Crippen molar-refractivity contribution in [2.24, 2.45) is 0 Å². The zero-order valence-corrected chi connectivity index (χ0v) is 40.1. The van der Waals surface area contributed by atoms with Crippen LogP contribution >= 0.6 is 0 Å². The van der Waals surface area contributed by atoms with Gasteiger partial charge in [0.1, 0.15) is 46.1 Å². The van der Waals surface area contributed by atoms with E-state index in [1.54, 1.807) is 24.3 Å². The maximum absolute atomic E-state index is 15.1. The monoisotopic (exact) mass is 948 g/mol. The number of unbranched alkanes of at least 4 members (excludes halogenated alkanes) is 17. The van der Waals surface area contributed by atoms with Gasteiger partial charge in [0.05, 0.1) is 35.5 Å². The molecule has 0 heterocycles. The van der Waals surface area contributed by atoms with Gasteiger partial charge in [-0.25, -0.2) is 28.0 Å². The number of hydrogen-bond acceptors (Lipinski definition) is 10. The molecule has 0 atom stereocenters. The molecule has 0 saturated carbocycles. The summed E-state index contributed by atoms with van der Waals surface area (Å²) < 4.78 is 63.0. The average Bonchev–Trinajstić information content (AvgIpc) is 3.34. The van der Waals surface area contributed by atoms with Gasteiger partial charge in [-0.2, -0.15) is 0 Å². The second-order valence-corrected chi connectivity index (χ2v) is 17.1. The van der Waals surface area contributed by atoms with Gasteiger partial charge in [-0.1, -0.05) is 129 Å². The maximum atomic E-state index is 15.1. The molecule has 0 saturated heterocycles. The number of rotatable bonds is 31. The van der Waals surface area contributed by atoms with Gasteiger partial charge >= 0.3 is 23.9 Å². The molecule has 5 rings (SSSR count). The van der Waals surface area contributed by atoms with Crippen molar-refractivity contribution in [1.82, 2.24) is 0 Å². The van der Waals surface area contributed by atoms with Crippen molar-refractivity contribution in [1.29, 1.82) is 0 Å². The van der Waals surface area contributed by atoms with Crippen LogP contribution in [0.15, 0.2) is 109 Å². The third-order valence-corrected chi connectivity index (χ3v) is 11.4. The van der Waals surface area contributed by atoms with Gasteiger partial charge in [-0.3, -0.25) is 0 Å². The fraction of sp³-hybridized carbons (Fsp3) is 0.404. The summed E-state index contributed by atoms with van der Waals surface area (Å²) >= 11 is 0. The van der Waals surface area contributed by atoms with Crippen molar-refractivity contribution in [3.63, 3.8) is 0 Å². The van der Waals surface area contributed by atoms with E-state index in [4.69, 9.17) is 28.4 Å². The Morgan fingerprint density at radius 2 is 0.681 bits per heavy atom. The van der Waals surface area contributed by atoms with Crippen LogP contribution in [0, 0.1) is 11.6 Å². The summed E-state index contributed by atoms with van der Waals surface area (Å²) in [5.41, 5.74) is -0.354. The predicted molar refractivity (Wildman–Crippen MR) is 262 cm³/mol. The Kier molecular flexibility index (Phi) is 23.2. The molecule has 12 heteroatoms. The zero-order chi connectivity index (χ0) is 49.1. The van der Waals surface area contributed by atoms with Crippen LogP contribution in [-0.4, -0.2) is 37.1 Å². The van der Waals surface area contributed by atoms with E-state index in [0.717, 1.165) is 50.3 Å². The first-order chi connectivity index (χ1) is 33.6. The quantitative estimate of drug-likeness (QED) is 0.0241. The largest absolute Gasteiger partial charge is 0.494 e. The summed E-state index contributed by atoms with van der Waals surface area (Å²) in [5, 5.41) is 0. The smallest absolute Gasteiger partial charge is 0.346 e. The molecule has 10 nitrogen and oxygen atoms in total. The van der Waals surface area contributed by atoms with Crippen LogP contribution in [0.1, 0.15) is 177 Å². The van der Waals surface area contributed by atoms with E-state index in [2.05, 4.69) is 13.8 Å². The molecule has 5 aromatic carbocycles. The fourth-order valence-electron chi connectivity index (χ4n) is 7.46.